The van der Waals surface area contributed by atoms with Crippen LogP contribution in [0.15, 0.2) is 52.0 Å². The van der Waals surface area contributed by atoms with Crippen LogP contribution in [0.25, 0.3) is 11.6 Å². The highest BCUT2D eigenvalue weighted by Crippen LogP contribution is 2.15. The summed E-state index contributed by atoms with van der Waals surface area (Å²) in [5, 5.41) is 3.74. The predicted molar refractivity (Wildman–Crippen MR) is 73.9 cm³/mol. The summed E-state index contributed by atoms with van der Waals surface area (Å²) in [7, 11) is 1.59. The summed E-state index contributed by atoms with van der Waals surface area (Å²) in [4.78, 5) is 20.0. The second-order valence-corrected chi connectivity index (χ2v) is 4.28. The van der Waals surface area contributed by atoms with Crippen LogP contribution in [0.5, 0.6) is 5.75 Å². The zero-order valence-corrected chi connectivity index (χ0v) is 11.3. The molecule has 0 amide bonds. The van der Waals surface area contributed by atoms with Gasteiger partial charge in [0.2, 0.25) is 5.82 Å². The quantitative estimate of drug-likeness (QED) is 0.719. The molecule has 0 aliphatic rings. The summed E-state index contributed by atoms with van der Waals surface area (Å²) in [5.41, 5.74) is 0.886. The Morgan fingerprint density at radius 2 is 2.05 bits per heavy atom. The number of aromatic nitrogens is 4. The first kappa shape index (κ1) is 13.0. The molecule has 0 N–H and O–H groups in total. The van der Waals surface area contributed by atoms with Crippen LogP contribution in [0, 0.1) is 0 Å². The first-order valence-electron chi connectivity index (χ1n) is 6.25. The third-order valence-corrected chi connectivity index (χ3v) is 2.93. The molecule has 21 heavy (non-hydrogen) atoms. The van der Waals surface area contributed by atoms with E-state index in [4.69, 9.17) is 9.26 Å². The Balaban J connectivity index is 1.99. The molecule has 3 rings (SSSR count). The molecule has 0 atom stereocenters. The van der Waals surface area contributed by atoms with E-state index in [0.717, 1.165) is 11.3 Å². The number of hydrogen-bond donors (Lipinski definition) is 0. The van der Waals surface area contributed by atoms with Gasteiger partial charge in [0, 0.05) is 12.4 Å². The Kier molecular flexibility index (Phi) is 3.46. The lowest BCUT2D eigenvalue weighted by atomic mass is 10.2. The lowest BCUT2D eigenvalue weighted by molar-refractivity contribution is 0.378. The van der Waals surface area contributed by atoms with Gasteiger partial charge in [-0.05, 0) is 23.8 Å². The van der Waals surface area contributed by atoms with Crippen LogP contribution in [0.3, 0.4) is 0 Å². The standard InChI is InChI=1S/C14H12N4O3/c1-20-11-5-2-4-10(8-11)9-18-13(17-21-14(18)19)12-15-6-3-7-16-12/h2-8H,9H2,1H3. The van der Waals surface area contributed by atoms with Crippen molar-refractivity contribution in [2.75, 3.05) is 7.11 Å². The molecule has 0 spiro atoms. The normalized spacial score (nSPS) is 10.5. The number of rotatable bonds is 4. The first-order chi connectivity index (χ1) is 10.3. The van der Waals surface area contributed by atoms with Gasteiger partial charge in [-0.3, -0.25) is 4.52 Å². The van der Waals surface area contributed by atoms with Crippen molar-refractivity contribution in [2.45, 2.75) is 6.54 Å². The van der Waals surface area contributed by atoms with Crippen LogP contribution in [0.1, 0.15) is 5.56 Å². The van der Waals surface area contributed by atoms with E-state index in [1.807, 2.05) is 24.3 Å². The molecule has 106 valence electrons. The Morgan fingerprint density at radius 3 is 2.81 bits per heavy atom. The third-order valence-electron chi connectivity index (χ3n) is 2.93. The van der Waals surface area contributed by atoms with Crippen LogP contribution in [0.2, 0.25) is 0 Å². The number of nitrogens with zero attached hydrogens (tertiary/aromatic N) is 4. The van der Waals surface area contributed by atoms with E-state index < -0.39 is 5.76 Å². The number of ether oxygens (including phenoxy) is 1. The molecule has 2 heterocycles. The van der Waals surface area contributed by atoms with Gasteiger partial charge in [-0.2, -0.15) is 0 Å². The van der Waals surface area contributed by atoms with Gasteiger partial charge in [-0.15, -0.1) is 0 Å². The van der Waals surface area contributed by atoms with Crippen molar-refractivity contribution in [2.24, 2.45) is 0 Å². The van der Waals surface area contributed by atoms with Crippen molar-refractivity contribution in [1.29, 1.82) is 0 Å². The van der Waals surface area contributed by atoms with Gasteiger partial charge in [0.15, 0.2) is 5.82 Å². The average Bonchev–Trinajstić information content (AvgIpc) is 2.89. The molecule has 0 aliphatic heterocycles. The molecule has 3 aromatic rings. The van der Waals surface area contributed by atoms with Gasteiger partial charge >= 0.3 is 5.76 Å². The molecule has 2 aromatic heterocycles. The lowest BCUT2D eigenvalue weighted by Gasteiger charge is -2.05. The fourth-order valence-electron chi connectivity index (χ4n) is 1.94. The fourth-order valence-corrected chi connectivity index (χ4v) is 1.94. The zero-order chi connectivity index (χ0) is 14.7. The van der Waals surface area contributed by atoms with E-state index in [2.05, 4.69) is 15.1 Å². The highest BCUT2D eigenvalue weighted by molar-refractivity contribution is 5.42. The Morgan fingerprint density at radius 1 is 1.24 bits per heavy atom. The second kappa shape index (κ2) is 5.58. The van der Waals surface area contributed by atoms with Gasteiger partial charge in [0.05, 0.1) is 13.7 Å². The molecular formula is C14H12N4O3. The minimum atomic E-state index is -0.555. The maximum absolute atomic E-state index is 11.8. The summed E-state index contributed by atoms with van der Waals surface area (Å²) in [6.45, 7) is 0.299. The smallest absolute Gasteiger partial charge is 0.442 e. The van der Waals surface area contributed by atoms with Crippen molar-refractivity contribution >= 4 is 0 Å². The highest BCUT2D eigenvalue weighted by atomic mass is 16.5. The van der Waals surface area contributed by atoms with E-state index in [9.17, 15) is 4.79 Å². The van der Waals surface area contributed by atoms with E-state index >= 15 is 0 Å². The van der Waals surface area contributed by atoms with Crippen molar-refractivity contribution in [3.63, 3.8) is 0 Å². The van der Waals surface area contributed by atoms with Crippen molar-refractivity contribution in [3.05, 3.63) is 58.8 Å². The second-order valence-electron chi connectivity index (χ2n) is 4.28. The molecule has 0 saturated carbocycles. The molecule has 0 unspecified atom stereocenters. The highest BCUT2D eigenvalue weighted by Gasteiger charge is 2.15. The Hall–Kier alpha value is -2.96. The SMILES string of the molecule is COc1cccc(Cn2c(-c3ncccn3)noc2=O)c1. The third kappa shape index (κ3) is 2.66. The summed E-state index contributed by atoms with van der Waals surface area (Å²) in [6.07, 6.45) is 3.16. The largest absolute Gasteiger partial charge is 0.497 e. The number of hydrogen-bond acceptors (Lipinski definition) is 6. The van der Waals surface area contributed by atoms with Crippen LogP contribution in [0.4, 0.5) is 0 Å². The first-order valence-corrected chi connectivity index (χ1v) is 6.25. The molecule has 0 aliphatic carbocycles. The molecule has 0 radical (unpaired) electrons. The minimum absolute atomic E-state index is 0.295. The molecular weight excluding hydrogens is 272 g/mol. The predicted octanol–water partition coefficient (Wildman–Crippen LogP) is 1.35. The van der Waals surface area contributed by atoms with Crippen LogP contribution >= 0.6 is 0 Å². The van der Waals surface area contributed by atoms with Crippen LogP contribution < -0.4 is 10.5 Å². The van der Waals surface area contributed by atoms with Gasteiger partial charge in [-0.1, -0.05) is 17.3 Å². The summed E-state index contributed by atoms with van der Waals surface area (Å²) < 4.78 is 11.3. The zero-order valence-electron chi connectivity index (χ0n) is 11.3. The van der Waals surface area contributed by atoms with Crippen molar-refractivity contribution in [1.82, 2.24) is 19.7 Å². The van der Waals surface area contributed by atoms with E-state index in [1.165, 1.54) is 4.57 Å². The number of methoxy groups -OCH3 is 1. The maximum atomic E-state index is 11.8. The fraction of sp³-hybridized carbons (Fsp3) is 0.143. The Bertz CT molecular complexity index is 795. The summed E-state index contributed by atoms with van der Waals surface area (Å²) >= 11 is 0. The summed E-state index contributed by atoms with van der Waals surface area (Å²) in [6, 6.07) is 9.10. The van der Waals surface area contributed by atoms with E-state index in [-0.39, 0.29) is 0 Å². The monoisotopic (exact) mass is 284 g/mol. The molecule has 0 bridgehead atoms. The maximum Gasteiger partial charge on any atom is 0.442 e. The molecule has 7 heteroatoms. The molecule has 0 saturated heterocycles. The summed E-state index contributed by atoms with van der Waals surface area (Å²) in [5.74, 6) is 0.796. The topological polar surface area (TPSA) is 83.0 Å². The van der Waals surface area contributed by atoms with Crippen LogP contribution in [-0.4, -0.2) is 26.8 Å². The van der Waals surface area contributed by atoms with E-state index in [1.54, 1.807) is 25.6 Å². The van der Waals surface area contributed by atoms with Gasteiger partial charge in [0.1, 0.15) is 5.75 Å². The van der Waals surface area contributed by atoms with Crippen LogP contribution in [-0.2, 0) is 6.54 Å². The molecule has 7 nitrogen and oxygen atoms in total. The lowest BCUT2D eigenvalue weighted by Crippen LogP contribution is -2.16. The van der Waals surface area contributed by atoms with Gasteiger partial charge in [-0.25, -0.2) is 19.3 Å². The molecule has 0 fully saturated rings. The van der Waals surface area contributed by atoms with Crippen molar-refractivity contribution in [3.8, 4) is 17.4 Å². The van der Waals surface area contributed by atoms with Gasteiger partial charge in [0.25, 0.3) is 0 Å². The van der Waals surface area contributed by atoms with E-state index in [0.29, 0.717) is 18.2 Å². The minimum Gasteiger partial charge on any atom is -0.497 e. The average molecular weight is 284 g/mol. The van der Waals surface area contributed by atoms with Crippen molar-refractivity contribution < 1.29 is 9.26 Å². The number of benzene rings is 1. The Labute approximate surface area is 119 Å². The van der Waals surface area contributed by atoms with Gasteiger partial charge < -0.3 is 4.74 Å². The molecule has 1 aromatic carbocycles.